The molecule has 2 aromatic heterocycles. The maximum Gasteiger partial charge on any atom is 0.433 e. The van der Waals surface area contributed by atoms with Crippen LogP contribution in [0.2, 0.25) is 0 Å². The molecule has 0 fully saturated rings. The molecule has 23 heavy (non-hydrogen) atoms. The molecule has 9 heteroatoms. The van der Waals surface area contributed by atoms with Crippen molar-refractivity contribution in [2.45, 2.75) is 32.6 Å². The zero-order valence-corrected chi connectivity index (χ0v) is 12.6. The van der Waals surface area contributed by atoms with Crippen molar-refractivity contribution >= 4 is 18.0 Å². The number of rotatable bonds is 8. The molecule has 0 atom stereocenters. The third-order valence-electron chi connectivity index (χ3n) is 3.09. The average molecular weight is 319 g/mol. The Hall–Kier alpha value is -2.97. The summed E-state index contributed by atoms with van der Waals surface area (Å²) in [5.41, 5.74) is 3.42. The molecule has 0 saturated carbocycles. The lowest BCUT2D eigenvalue weighted by atomic mass is 10.2. The summed E-state index contributed by atoms with van der Waals surface area (Å²) >= 11 is 0. The fourth-order valence-corrected chi connectivity index (χ4v) is 1.92. The highest BCUT2D eigenvalue weighted by molar-refractivity contribution is 5.88. The number of aromatic amines is 1. The minimum Gasteiger partial charge on any atom is -0.399 e. The van der Waals surface area contributed by atoms with Gasteiger partial charge in [0.2, 0.25) is 5.91 Å². The SMILES string of the molecule is CCCCCC(=O)NN=Cc1cn[nH]c1-c1ccc([N+](=O)[O-])o1. The Balaban J connectivity index is 1.99. The molecule has 0 aliphatic rings. The molecule has 2 heterocycles. The van der Waals surface area contributed by atoms with E-state index in [1.54, 1.807) is 0 Å². The van der Waals surface area contributed by atoms with Crippen molar-refractivity contribution in [2.24, 2.45) is 5.10 Å². The van der Waals surface area contributed by atoms with Gasteiger partial charge in [0, 0.05) is 12.0 Å². The van der Waals surface area contributed by atoms with Gasteiger partial charge in [-0.3, -0.25) is 20.0 Å². The standard InChI is InChI=1S/C14H17N5O4/c1-2-3-4-5-12(20)17-15-8-10-9-16-18-14(10)11-6-7-13(23-11)19(21)22/h6-9H,2-5H2,1H3,(H,16,18)(H,17,20). The lowest BCUT2D eigenvalue weighted by molar-refractivity contribution is -0.401. The Bertz CT molecular complexity index is 704. The molecule has 9 nitrogen and oxygen atoms in total. The topological polar surface area (TPSA) is 126 Å². The minimum absolute atomic E-state index is 0.159. The highest BCUT2D eigenvalue weighted by atomic mass is 16.6. The van der Waals surface area contributed by atoms with Gasteiger partial charge in [0.15, 0.2) is 5.76 Å². The van der Waals surface area contributed by atoms with E-state index in [0.717, 1.165) is 19.3 Å². The van der Waals surface area contributed by atoms with Gasteiger partial charge < -0.3 is 4.42 Å². The van der Waals surface area contributed by atoms with Gasteiger partial charge in [-0.05, 0) is 12.5 Å². The molecule has 0 saturated heterocycles. The second-order valence-corrected chi connectivity index (χ2v) is 4.85. The highest BCUT2D eigenvalue weighted by Crippen LogP contribution is 2.26. The highest BCUT2D eigenvalue weighted by Gasteiger charge is 2.16. The second kappa shape index (κ2) is 7.87. The molecular weight excluding hydrogens is 302 g/mol. The Labute approximate surface area is 131 Å². The number of nitrogens with one attached hydrogen (secondary N) is 2. The quantitative estimate of drug-likeness (QED) is 0.334. The molecule has 0 radical (unpaired) electrons. The number of nitro groups is 1. The fourth-order valence-electron chi connectivity index (χ4n) is 1.92. The van der Waals surface area contributed by atoms with Crippen LogP contribution >= 0.6 is 0 Å². The fraction of sp³-hybridized carbons (Fsp3) is 0.357. The van der Waals surface area contributed by atoms with Gasteiger partial charge in [0.1, 0.15) is 10.6 Å². The van der Waals surface area contributed by atoms with Crippen LogP contribution in [0.4, 0.5) is 5.88 Å². The number of hydrogen-bond acceptors (Lipinski definition) is 6. The van der Waals surface area contributed by atoms with Crippen LogP contribution in [0.25, 0.3) is 11.5 Å². The summed E-state index contributed by atoms with van der Waals surface area (Å²) in [5.74, 6) is -0.250. The predicted molar refractivity (Wildman–Crippen MR) is 82.8 cm³/mol. The maximum absolute atomic E-state index is 11.5. The van der Waals surface area contributed by atoms with Gasteiger partial charge in [0.05, 0.1) is 18.5 Å². The van der Waals surface area contributed by atoms with Gasteiger partial charge in [-0.15, -0.1) is 0 Å². The van der Waals surface area contributed by atoms with Crippen LogP contribution in [0.1, 0.15) is 38.2 Å². The molecule has 2 aromatic rings. The average Bonchev–Trinajstić information content (AvgIpc) is 3.15. The summed E-state index contributed by atoms with van der Waals surface area (Å²) in [4.78, 5) is 21.6. The molecule has 0 aliphatic heterocycles. The third-order valence-corrected chi connectivity index (χ3v) is 3.09. The predicted octanol–water partition coefficient (Wildman–Crippen LogP) is 2.61. The summed E-state index contributed by atoms with van der Waals surface area (Å²) in [7, 11) is 0. The third kappa shape index (κ3) is 4.50. The number of hydrazone groups is 1. The van der Waals surface area contributed by atoms with Gasteiger partial charge in [0.25, 0.3) is 0 Å². The largest absolute Gasteiger partial charge is 0.433 e. The zero-order chi connectivity index (χ0) is 16.7. The molecule has 0 bridgehead atoms. The van der Waals surface area contributed by atoms with E-state index in [1.165, 1.54) is 24.5 Å². The number of carbonyl (C=O) groups is 1. The van der Waals surface area contributed by atoms with E-state index >= 15 is 0 Å². The molecule has 0 spiro atoms. The van der Waals surface area contributed by atoms with Crippen molar-refractivity contribution in [1.29, 1.82) is 0 Å². The van der Waals surface area contributed by atoms with Crippen LogP contribution in [0.3, 0.4) is 0 Å². The first kappa shape index (κ1) is 16.4. The number of nitrogens with zero attached hydrogens (tertiary/aromatic N) is 3. The number of hydrogen-bond donors (Lipinski definition) is 2. The van der Waals surface area contributed by atoms with Crippen LogP contribution in [0, 0.1) is 10.1 Å². The summed E-state index contributed by atoms with van der Waals surface area (Å²) < 4.78 is 5.10. The Morgan fingerprint density at radius 2 is 2.35 bits per heavy atom. The van der Waals surface area contributed by atoms with E-state index in [9.17, 15) is 14.9 Å². The van der Waals surface area contributed by atoms with Crippen molar-refractivity contribution in [1.82, 2.24) is 15.6 Å². The molecule has 2 N–H and O–H groups in total. The van der Waals surface area contributed by atoms with Crippen LogP contribution in [-0.2, 0) is 4.79 Å². The van der Waals surface area contributed by atoms with E-state index in [-0.39, 0.29) is 17.6 Å². The Kier molecular flexibility index (Phi) is 5.61. The molecular formula is C14H17N5O4. The number of furan rings is 1. The van der Waals surface area contributed by atoms with Gasteiger partial charge in [-0.1, -0.05) is 19.8 Å². The molecule has 0 aliphatic carbocycles. The lowest BCUT2D eigenvalue weighted by Crippen LogP contribution is -2.16. The zero-order valence-electron chi connectivity index (χ0n) is 12.6. The summed E-state index contributed by atoms with van der Waals surface area (Å²) in [6, 6.07) is 2.72. The van der Waals surface area contributed by atoms with Crippen molar-refractivity contribution < 1.29 is 14.1 Å². The first-order valence-corrected chi connectivity index (χ1v) is 7.21. The van der Waals surface area contributed by atoms with Crippen LogP contribution < -0.4 is 5.43 Å². The monoisotopic (exact) mass is 319 g/mol. The van der Waals surface area contributed by atoms with Crippen LogP contribution in [0.15, 0.2) is 27.8 Å². The molecule has 2 rings (SSSR count). The van der Waals surface area contributed by atoms with Crippen molar-refractivity contribution in [3.8, 4) is 11.5 Å². The van der Waals surface area contributed by atoms with Crippen LogP contribution in [-0.4, -0.2) is 27.2 Å². The molecule has 122 valence electrons. The van der Waals surface area contributed by atoms with E-state index in [0.29, 0.717) is 17.7 Å². The van der Waals surface area contributed by atoms with Crippen molar-refractivity contribution in [2.75, 3.05) is 0 Å². The van der Waals surface area contributed by atoms with E-state index < -0.39 is 4.92 Å². The minimum atomic E-state index is -0.621. The molecule has 0 aromatic carbocycles. The lowest BCUT2D eigenvalue weighted by Gasteiger charge is -1.98. The van der Waals surface area contributed by atoms with E-state index in [4.69, 9.17) is 4.42 Å². The Morgan fingerprint density at radius 3 is 3.04 bits per heavy atom. The second-order valence-electron chi connectivity index (χ2n) is 4.85. The molecule has 1 amide bonds. The van der Waals surface area contributed by atoms with Gasteiger partial charge in [-0.25, -0.2) is 5.43 Å². The number of unbranched alkanes of at least 4 members (excludes halogenated alkanes) is 2. The maximum atomic E-state index is 11.5. The van der Waals surface area contributed by atoms with Gasteiger partial charge in [-0.2, -0.15) is 10.2 Å². The summed E-state index contributed by atoms with van der Waals surface area (Å²) in [5, 5.41) is 21.0. The Morgan fingerprint density at radius 1 is 1.52 bits per heavy atom. The first-order chi connectivity index (χ1) is 11.1. The van der Waals surface area contributed by atoms with Crippen molar-refractivity contribution in [3.05, 3.63) is 34.0 Å². The number of H-pyrrole nitrogens is 1. The van der Waals surface area contributed by atoms with Gasteiger partial charge >= 0.3 is 5.88 Å². The van der Waals surface area contributed by atoms with Crippen molar-refractivity contribution in [3.63, 3.8) is 0 Å². The van der Waals surface area contributed by atoms with E-state index in [1.807, 2.05) is 0 Å². The van der Waals surface area contributed by atoms with Crippen LogP contribution in [0.5, 0.6) is 0 Å². The molecule has 0 unspecified atom stereocenters. The number of aromatic nitrogens is 2. The number of amides is 1. The smallest absolute Gasteiger partial charge is 0.399 e. The summed E-state index contributed by atoms with van der Waals surface area (Å²) in [6.45, 7) is 2.06. The number of carbonyl (C=O) groups excluding carboxylic acids is 1. The first-order valence-electron chi connectivity index (χ1n) is 7.21. The normalized spacial score (nSPS) is 11.0. The summed E-state index contributed by atoms with van der Waals surface area (Å²) in [6.07, 6.45) is 6.19. The van der Waals surface area contributed by atoms with E-state index in [2.05, 4.69) is 27.6 Å².